The number of ether oxygens (including phenoxy) is 1. The van der Waals surface area contributed by atoms with Crippen LogP contribution in [0.4, 0.5) is 5.69 Å². The van der Waals surface area contributed by atoms with Crippen molar-refractivity contribution in [3.05, 3.63) is 48.2 Å². The summed E-state index contributed by atoms with van der Waals surface area (Å²) in [5.74, 6) is 0.489. The highest BCUT2D eigenvalue weighted by Gasteiger charge is 2.02. The van der Waals surface area contributed by atoms with Crippen LogP contribution in [-0.2, 0) is 0 Å². The zero-order chi connectivity index (χ0) is 12.3. The van der Waals surface area contributed by atoms with E-state index in [9.17, 15) is 4.79 Å². The first kappa shape index (κ1) is 10.9. The molecule has 2 rings (SSSR count). The fourth-order valence-corrected chi connectivity index (χ4v) is 1.29. The highest BCUT2D eigenvalue weighted by molar-refractivity contribution is 5.92. The van der Waals surface area contributed by atoms with Crippen LogP contribution in [0.5, 0.6) is 11.6 Å². The monoisotopic (exact) mass is 229 g/mol. The lowest BCUT2D eigenvalue weighted by atomic mass is 10.2. The van der Waals surface area contributed by atoms with Gasteiger partial charge in [0.05, 0.1) is 0 Å². The molecule has 0 radical (unpaired) electrons. The molecule has 0 aliphatic rings. The number of primary amides is 1. The summed E-state index contributed by atoms with van der Waals surface area (Å²) in [5.41, 5.74) is 11.7. The predicted molar refractivity (Wildman–Crippen MR) is 63.7 cm³/mol. The topological polar surface area (TPSA) is 91.2 Å². The van der Waals surface area contributed by atoms with Crippen LogP contribution < -0.4 is 16.2 Å². The highest BCUT2D eigenvalue weighted by atomic mass is 16.5. The molecule has 17 heavy (non-hydrogen) atoms. The van der Waals surface area contributed by atoms with Gasteiger partial charge < -0.3 is 16.2 Å². The molecule has 1 amide bonds. The van der Waals surface area contributed by atoms with Gasteiger partial charge in [0.25, 0.3) is 0 Å². The number of nitrogen functional groups attached to an aromatic ring is 1. The van der Waals surface area contributed by atoms with Crippen molar-refractivity contribution in [1.29, 1.82) is 0 Å². The third kappa shape index (κ3) is 2.72. The lowest BCUT2D eigenvalue weighted by Gasteiger charge is -2.05. The largest absolute Gasteiger partial charge is 0.439 e. The van der Waals surface area contributed by atoms with Crippen LogP contribution in [-0.4, -0.2) is 10.9 Å². The van der Waals surface area contributed by atoms with Crippen LogP contribution in [0.2, 0.25) is 0 Å². The van der Waals surface area contributed by atoms with Crippen molar-refractivity contribution < 1.29 is 9.53 Å². The van der Waals surface area contributed by atoms with Crippen molar-refractivity contribution >= 4 is 11.6 Å². The van der Waals surface area contributed by atoms with Gasteiger partial charge in [-0.2, -0.15) is 0 Å². The van der Waals surface area contributed by atoms with E-state index in [0.717, 1.165) is 0 Å². The number of rotatable bonds is 3. The summed E-state index contributed by atoms with van der Waals surface area (Å²) in [6.07, 6.45) is 1.56. The molecule has 0 saturated heterocycles. The molecule has 0 aliphatic carbocycles. The molecule has 0 spiro atoms. The summed E-state index contributed by atoms with van der Waals surface area (Å²) >= 11 is 0. The van der Waals surface area contributed by atoms with E-state index >= 15 is 0 Å². The second-order valence-electron chi connectivity index (χ2n) is 3.42. The van der Waals surface area contributed by atoms with Crippen LogP contribution in [0.1, 0.15) is 10.4 Å². The van der Waals surface area contributed by atoms with Gasteiger partial charge in [0.2, 0.25) is 11.8 Å². The number of hydrogen-bond donors (Lipinski definition) is 2. The second-order valence-corrected chi connectivity index (χ2v) is 3.42. The molecule has 5 nitrogen and oxygen atoms in total. The van der Waals surface area contributed by atoms with E-state index in [1.54, 1.807) is 42.6 Å². The summed E-state index contributed by atoms with van der Waals surface area (Å²) in [5, 5.41) is 0. The van der Waals surface area contributed by atoms with Gasteiger partial charge in [-0.05, 0) is 30.3 Å². The summed E-state index contributed by atoms with van der Waals surface area (Å²) in [6, 6.07) is 9.74. The molecule has 0 aliphatic heterocycles. The Kier molecular flexibility index (Phi) is 2.91. The van der Waals surface area contributed by atoms with Crippen LogP contribution in [0.3, 0.4) is 0 Å². The molecule has 0 unspecified atom stereocenters. The van der Waals surface area contributed by atoms with E-state index in [4.69, 9.17) is 16.2 Å². The summed E-state index contributed by atoms with van der Waals surface area (Å²) in [6.45, 7) is 0. The number of nitrogens with zero attached hydrogens (tertiary/aromatic N) is 1. The van der Waals surface area contributed by atoms with E-state index in [-0.39, 0.29) is 0 Å². The molecule has 2 aromatic rings. The van der Waals surface area contributed by atoms with Gasteiger partial charge >= 0.3 is 0 Å². The van der Waals surface area contributed by atoms with Crippen molar-refractivity contribution in [1.82, 2.24) is 4.98 Å². The predicted octanol–water partition coefficient (Wildman–Crippen LogP) is 1.55. The van der Waals surface area contributed by atoms with Crippen molar-refractivity contribution in [3.63, 3.8) is 0 Å². The van der Waals surface area contributed by atoms with E-state index in [1.165, 1.54) is 0 Å². The molecule has 86 valence electrons. The van der Waals surface area contributed by atoms with Crippen LogP contribution in [0.15, 0.2) is 42.6 Å². The van der Waals surface area contributed by atoms with Crippen molar-refractivity contribution in [2.75, 3.05) is 5.73 Å². The Morgan fingerprint density at radius 3 is 2.47 bits per heavy atom. The molecule has 1 heterocycles. The Balaban J connectivity index is 2.16. The van der Waals surface area contributed by atoms with Gasteiger partial charge in [-0.1, -0.05) is 0 Å². The summed E-state index contributed by atoms with van der Waals surface area (Å²) < 4.78 is 5.45. The summed E-state index contributed by atoms with van der Waals surface area (Å²) in [7, 11) is 0. The van der Waals surface area contributed by atoms with Gasteiger partial charge in [0.1, 0.15) is 5.75 Å². The maximum atomic E-state index is 10.9. The zero-order valence-corrected chi connectivity index (χ0v) is 8.96. The lowest BCUT2D eigenvalue weighted by molar-refractivity contribution is 0.100. The standard InChI is InChI=1S/C12H11N3O2/c13-9-5-6-15-11(7-9)17-10-3-1-8(2-4-10)12(14)16/h1-7H,(H2,13,15)(H2,14,16). The number of amides is 1. The Hall–Kier alpha value is -2.56. The Morgan fingerprint density at radius 1 is 1.18 bits per heavy atom. The number of pyridine rings is 1. The fraction of sp³-hybridized carbons (Fsp3) is 0. The Morgan fingerprint density at radius 2 is 1.88 bits per heavy atom. The molecule has 0 fully saturated rings. The molecule has 5 heteroatoms. The number of hydrogen-bond acceptors (Lipinski definition) is 4. The van der Waals surface area contributed by atoms with Crippen molar-refractivity contribution in [3.8, 4) is 11.6 Å². The van der Waals surface area contributed by atoms with E-state index < -0.39 is 5.91 Å². The maximum Gasteiger partial charge on any atom is 0.248 e. The molecule has 0 saturated carbocycles. The van der Waals surface area contributed by atoms with Gasteiger partial charge in [0, 0.05) is 23.5 Å². The first-order chi connectivity index (χ1) is 8.15. The van der Waals surface area contributed by atoms with Gasteiger partial charge in [-0.15, -0.1) is 0 Å². The van der Waals surface area contributed by atoms with Crippen molar-refractivity contribution in [2.45, 2.75) is 0 Å². The van der Waals surface area contributed by atoms with Crippen LogP contribution in [0, 0.1) is 0 Å². The third-order valence-electron chi connectivity index (χ3n) is 2.12. The molecular weight excluding hydrogens is 218 g/mol. The van der Waals surface area contributed by atoms with E-state index in [2.05, 4.69) is 4.98 Å². The van der Waals surface area contributed by atoms with E-state index in [1.807, 2.05) is 0 Å². The van der Waals surface area contributed by atoms with Crippen molar-refractivity contribution in [2.24, 2.45) is 5.73 Å². The molecule has 1 aromatic heterocycles. The maximum absolute atomic E-state index is 10.9. The van der Waals surface area contributed by atoms with Gasteiger partial charge in [-0.3, -0.25) is 4.79 Å². The molecule has 1 aromatic carbocycles. The fourth-order valence-electron chi connectivity index (χ4n) is 1.29. The smallest absolute Gasteiger partial charge is 0.248 e. The van der Waals surface area contributed by atoms with Crippen LogP contribution >= 0.6 is 0 Å². The number of aromatic nitrogens is 1. The number of carbonyl (C=O) groups is 1. The average molecular weight is 229 g/mol. The lowest BCUT2D eigenvalue weighted by Crippen LogP contribution is -2.10. The molecular formula is C12H11N3O2. The average Bonchev–Trinajstić information content (AvgIpc) is 2.29. The minimum absolute atomic E-state index is 0.400. The SMILES string of the molecule is NC(=O)c1ccc(Oc2cc(N)ccn2)cc1. The van der Waals surface area contributed by atoms with Crippen LogP contribution in [0.25, 0.3) is 0 Å². The highest BCUT2D eigenvalue weighted by Crippen LogP contribution is 2.20. The third-order valence-corrected chi connectivity index (χ3v) is 2.12. The van der Waals surface area contributed by atoms with E-state index in [0.29, 0.717) is 22.9 Å². The zero-order valence-electron chi connectivity index (χ0n) is 8.96. The number of nitrogens with two attached hydrogens (primary N) is 2. The Bertz CT molecular complexity index is 538. The molecule has 4 N–H and O–H groups in total. The molecule has 0 atom stereocenters. The van der Waals surface area contributed by atoms with Gasteiger partial charge in [0.15, 0.2) is 0 Å². The number of anilines is 1. The first-order valence-electron chi connectivity index (χ1n) is 4.94. The minimum Gasteiger partial charge on any atom is -0.439 e. The first-order valence-corrected chi connectivity index (χ1v) is 4.94. The number of carbonyl (C=O) groups excluding carboxylic acids is 1. The second kappa shape index (κ2) is 4.52. The normalized spacial score (nSPS) is 9.88. The quantitative estimate of drug-likeness (QED) is 0.835. The Labute approximate surface area is 98.0 Å². The molecule has 0 bridgehead atoms. The minimum atomic E-state index is -0.473. The number of benzene rings is 1. The van der Waals surface area contributed by atoms with Gasteiger partial charge in [-0.25, -0.2) is 4.98 Å². The summed E-state index contributed by atoms with van der Waals surface area (Å²) in [4.78, 5) is 14.9.